The van der Waals surface area contributed by atoms with Gasteiger partial charge in [0.1, 0.15) is 0 Å². The van der Waals surface area contributed by atoms with Crippen LogP contribution in [-0.4, -0.2) is 5.91 Å². The van der Waals surface area contributed by atoms with E-state index in [1.54, 1.807) is 0 Å². The van der Waals surface area contributed by atoms with Crippen molar-refractivity contribution >= 4 is 11.6 Å². The Morgan fingerprint density at radius 1 is 1.25 bits per heavy atom. The summed E-state index contributed by atoms with van der Waals surface area (Å²) < 4.78 is 0. The molecule has 1 aromatic carbocycles. The summed E-state index contributed by atoms with van der Waals surface area (Å²) in [5.74, 6) is 0.479. The molecule has 0 spiro atoms. The van der Waals surface area contributed by atoms with E-state index < -0.39 is 0 Å². The molecule has 0 aromatic heterocycles. The van der Waals surface area contributed by atoms with Crippen molar-refractivity contribution in [2.24, 2.45) is 11.3 Å². The zero-order valence-electron chi connectivity index (χ0n) is 13.4. The van der Waals surface area contributed by atoms with Crippen molar-refractivity contribution in [1.29, 1.82) is 0 Å². The fourth-order valence-electron chi connectivity index (χ4n) is 2.72. The van der Waals surface area contributed by atoms with Crippen LogP contribution < -0.4 is 11.1 Å². The number of para-hydroxylation sites is 1. The lowest BCUT2D eigenvalue weighted by molar-refractivity contribution is -0.122. The summed E-state index contributed by atoms with van der Waals surface area (Å²) in [6.07, 6.45) is 1.61. The second kappa shape index (κ2) is 6.78. The molecule has 2 unspecified atom stereocenters. The number of rotatable bonds is 5. The summed E-state index contributed by atoms with van der Waals surface area (Å²) in [6.45, 7) is 10.7. The van der Waals surface area contributed by atoms with Crippen molar-refractivity contribution in [1.82, 2.24) is 5.32 Å². The number of nitrogen functional groups attached to an aromatic ring is 1. The van der Waals surface area contributed by atoms with E-state index >= 15 is 0 Å². The van der Waals surface area contributed by atoms with Gasteiger partial charge in [-0.3, -0.25) is 4.79 Å². The Kier molecular flexibility index (Phi) is 5.61. The van der Waals surface area contributed by atoms with Crippen LogP contribution in [0, 0.1) is 11.3 Å². The van der Waals surface area contributed by atoms with Crippen molar-refractivity contribution in [3.05, 3.63) is 29.8 Å². The topological polar surface area (TPSA) is 55.1 Å². The van der Waals surface area contributed by atoms with Crippen molar-refractivity contribution in [3.8, 4) is 0 Å². The van der Waals surface area contributed by atoms with Gasteiger partial charge >= 0.3 is 0 Å². The number of hydrogen-bond acceptors (Lipinski definition) is 2. The van der Waals surface area contributed by atoms with E-state index in [1.807, 2.05) is 31.2 Å². The second-order valence-corrected chi connectivity index (χ2v) is 6.99. The highest BCUT2D eigenvalue weighted by Crippen LogP contribution is 2.26. The zero-order valence-corrected chi connectivity index (χ0v) is 13.4. The number of nitrogens with two attached hydrogens (primary N) is 1. The lowest BCUT2D eigenvalue weighted by atomic mass is 9.84. The summed E-state index contributed by atoms with van der Waals surface area (Å²) in [5.41, 5.74) is 7.89. The average Bonchev–Trinajstić information content (AvgIpc) is 2.25. The molecular formula is C17H28N2O. The fourth-order valence-corrected chi connectivity index (χ4v) is 2.72. The maximum atomic E-state index is 12.1. The number of amides is 1. The SMILES string of the molecule is CC(CC(=O)NC(C)c1ccccc1N)CC(C)(C)C. The van der Waals surface area contributed by atoms with Gasteiger partial charge in [-0.15, -0.1) is 0 Å². The predicted octanol–water partition coefficient (Wildman–Crippen LogP) is 3.91. The molecule has 0 heterocycles. The fraction of sp³-hybridized carbons (Fsp3) is 0.588. The molecular weight excluding hydrogens is 248 g/mol. The molecule has 1 amide bonds. The molecule has 0 saturated heterocycles. The lowest BCUT2D eigenvalue weighted by Crippen LogP contribution is -2.29. The molecule has 0 aliphatic heterocycles. The number of anilines is 1. The highest BCUT2D eigenvalue weighted by Gasteiger charge is 2.19. The minimum absolute atomic E-state index is 0.0504. The number of carbonyl (C=O) groups is 1. The maximum absolute atomic E-state index is 12.1. The molecule has 3 N–H and O–H groups in total. The Morgan fingerprint density at radius 3 is 2.40 bits per heavy atom. The van der Waals surface area contributed by atoms with Gasteiger partial charge in [0.2, 0.25) is 5.91 Å². The van der Waals surface area contributed by atoms with Crippen LogP contribution in [0.1, 0.15) is 59.1 Å². The Labute approximate surface area is 122 Å². The van der Waals surface area contributed by atoms with Gasteiger partial charge in [-0.05, 0) is 36.3 Å². The quantitative estimate of drug-likeness (QED) is 0.801. The smallest absolute Gasteiger partial charge is 0.220 e. The highest BCUT2D eigenvalue weighted by molar-refractivity contribution is 5.77. The molecule has 20 heavy (non-hydrogen) atoms. The van der Waals surface area contributed by atoms with Gasteiger partial charge in [0.05, 0.1) is 6.04 Å². The number of carbonyl (C=O) groups excluding carboxylic acids is 1. The second-order valence-electron chi connectivity index (χ2n) is 6.99. The van der Waals surface area contributed by atoms with E-state index in [9.17, 15) is 4.79 Å². The van der Waals surface area contributed by atoms with E-state index in [1.165, 1.54) is 0 Å². The first kappa shape index (κ1) is 16.5. The average molecular weight is 276 g/mol. The van der Waals surface area contributed by atoms with Gasteiger partial charge < -0.3 is 11.1 Å². The summed E-state index contributed by atoms with van der Waals surface area (Å²) in [7, 11) is 0. The van der Waals surface area contributed by atoms with Crippen LogP contribution in [0.15, 0.2) is 24.3 Å². The van der Waals surface area contributed by atoms with Crippen LogP contribution in [0.5, 0.6) is 0 Å². The van der Waals surface area contributed by atoms with Gasteiger partial charge in [0.15, 0.2) is 0 Å². The molecule has 0 saturated carbocycles. The van der Waals surface area contributed by atoms with Gasteiger partial charge in [-0.2, -0.15) is 0 Å². The molecule has 3 nitrogen and oxygen atoms in total. The predicted molar refractivity (Wildman–Crippen MR) is 85.3 cm³/mol. The highest BCUT2D eigenvalue weighted by atomic mass is 16.1. The van der Waals surface area contributed by atoms with Crippen LogP contribution in [0.4, 0.5) is 5.69 Å². The molecule has 2 atom stereocenters. The van der Waals surface area contributed by atoms with Gasteiger partial charge in [0, 0.05) is 12.1 Å². The van der Waals surface area contributed by atoms with E-state index in [2.05, 4.69) is 33.0 Å². The van der Waals surface area contributed by atoms with Crippen LogP contribution in [-0.2, 0) is 4.79 Å². The van der Waals surface area contributed by atoms with Crippen molar-refractivity contribution in [3.63, 3.8) is 0 Å². The van der Waals surface area contributed by atoms with Crippen LogP contribution in [0.3, 0.4) is 0 Å². The standard InChI is InChI=1S/C17H28N2O/c1-12(11-17(3,4)5)10-16(20)19-13(2)14-8-6-7-9-15(14)18/h6-9,12-13H,10-11,18H2,1-5H3,(H,19,20). The molecule has 0 aliphatic carbocycles. The first-order chi connectivity index (χ1) is 9.19. The summed E-state index contributed by atoms with van der Waals surface area (Å²) >= 11 is 0. The number of hydrogen-bond donors (Lipinski definition) is 2. The summed E-state index contributed by atoms with van der Waals surface area (Å²) in [6, 6.07) is 7.61. The van der Waals surface area contributed by atoms with Crippen LogP contribution >= 0.6 is 0 Å². The monoisotopic (exact) mass is 276 g/mol. The Bertz CT molecular complexity index is 449. The molecule has 0 bridgehead atoms. The number of benzene rings is 1. The van der Waals surface area contributed by atoms with Gasteiger partial charge in [0.25, 0.3) is 0 Å². The minimum Gasteiger partial charge on any atom is -0.398 e. The molecule has 3 heteroatoms. The third kappa shape index (κ3) is 5.64. The number of nitrogens with one attached hydrogen (secondary N) is 1. The van der Waals surface area contributed by atoms with E-state index in [0.717, 1.165) is 17.7 Å². The summed E-state index contributed by atoms with van der Waals surface area (Å²) in [5, 5.41) is 3.03. The first-order valence-electron chi connectivity index (χ1n) is 7.33. The van der Waals surface area contributed by atoms with E-state index in [0.29, 0.717) is 12.3 Å². The molecule has 0 fully saturated rings. The molecule has 1 aromatic rings. The molecule has 1 rings (SSSR count). The Hall–Kier alpha value is -1.51. The third-order valence-electron chi connectivity index (χ3n) is 3.33. The van der Waals surface area contributed by atoms with Crippen molar-refractivity contribution in [2.45, 2.75) is 53.5 Å². The van der Waals surface area contributed by atoms with Gasteiger partial charge in [-0.1, -0.05) is 45.9 Å². The lowest BCUT2D eigenvalue weighted by Gasteiger charge is -2.23. The Morgan fingerprint density at radius 2 is 1.85 bits per heavy atom. The minimum atomic E-state index is -0.0504. The van der Waals surface area contributed by atoms with Crippen LogP contribution in [0.25, 0.3) is 0 Å². The largest absolute Gasteiger partial charge is 0.398 e. The van der Waals surface area contributed by atoms with Crippen molar-refractivity contribution < 1.29 is 4.79 Å². The normalized spacial score (nSPS) is 14.7. The third-order valence-corrected chi connectivity index (χ3v) is 3.33. The van der Waals surface area contributed by atoms with Gasteiger partial charge in [-0.25, -0.2) is 0 Å². The zero-order chi connectivity index (χ0) is 15.3. The molecule has 112 valence electrons. The van der Waals surface area contributed by atoms with E-state index in [-0.39, 0.29) is 17.4 Å². The molecule has 0 radical (unpaired) electrons. The summed E-state index contributed by atoms with van der Waals surface area (Å²) in [4.78, 5) is 12.1. The van der Waals surface area contributed by atoms with Crippen LogP contribution in [0.2, 0.25) is 0 Å². The van der Waals surface area contributed by atoms with E-state index in [4.69, 9.17) is 5.73 Å². The first-order valence-corrected chi connectivity index (χ1v) is 7.33. The Balaban J connectivity index is 2.52. The maximum Gasteiger partial charge on any atom is 0.220 e. The van der Waals surface area contributed by atoms with Crippen molar-refractivity contribution in [2.75, 3.05) is 5.73 Å². The molecule has 0 aliphatic rings.